The molecule has 0 saturated carbocycles. The molecule has 31 heavy (non-hydrogen) atoms. The van der Waals surface area contributed by atoms with Gasteiger partial charge in [0.25, 0.3) is 0 Å². The van der Waals surface area contributed by atoms with Crippen molar-refractivity contribution in [1.29, 1.82) is 0 Å². The van der Waals surface area contributed by atoms with Gasteiger partial charge in [0.2, 0.25) is 5.91 Å². The molecule has 8 nitrogen and oxygen atoms in total. The predicted octanol–water partition coefficient (Wildman–Crippen LogP) is 3.15. The van der Waals surface area contributed by atoms with Crippen molar-refractivity contribution < 1.29 is 28.5 Å². The van der Waals surface area contributed by atoms with Crippen LogP contribution in [0.4, 0.5) is 0 Å². The average molecular weight is 426 g/mol. The fourth-order valence-corrected chi connectivity index (χ4v) is 3.47. The van der Waals surface area contributed by atoms with Gasteiger partial charge in [-0.2, -0.15) is 5.10 Å². The Balaban J connectivity index is 1.60. The summed E-state index contributed by atoms with van der Waals surface area (Å²) < 4.78 is 21.1. The first-order valence-corrected chi connectivity index (χ1v) is 9.86. The summed E-state index contributed by atoms with van der Waals surface area (Å²) in [4.78, 5) is 24.7. The molecule has 1 aliphatic rings. The molecule has 164 valence electrons. The second-order valence-electron chi connectivity index (χ2n) is 6.95. The lowest BCUT2D eigenvalue weighted by Crippen LogP contribution is -2.20. The molecular weight excluding hydrogens is 400 g/mol. The van der Waals surface area contributed by atoms with Crippen molar-refractivity contribution in [3.05, 3.63) is 47.0 Å². The number of methoxy groups -OCH3 is 4. The molecule has 1 N–H and O–H groups in total. The van der Waals surface area contributed by atoms with Gasteiger partial charge in [-0.05, 0) is 48.7 Å². The highest BCUT2D eigenvalue weighted by Gasteiger charge is 2.22. The largest absolute Gasteiger partial charge is 0.493 e. The van der Waals surface area contributed by atoms with E-state index in [1.807, 2.05) is 12.1 Å². The van der Waals surface area contributed by atoms with Gasteiger partial charge < -0.3 is 18.9 Å². The van der Waals surface area contributed by atoms with E-state index < -0.39 is 0 Å². The summed E-state index contributed by atoms with van der Waals surface area (Å²) >= 11 is 0. The highest BCUT2D eigenvalue weighted by molar-refractivity contribution is 6.05. The number of hydrogen-bond donors (Lipinski definition) is 1. The maximum absolute atomic E-state index is 12.4. The van der Waals surface area contributed by atoms with Crippen LogP contribution in [-0.4, -0.2) is 45.8 Å². The number of benzene rings is 2. The van der Waals surface area contributed by atoms with Gasteiger partial charge in [-0.15, -0.1) is 0 Å². The Labute approximate surface area is 181 Å². The Morgan fingerprint density at radius 2 is 1.48 bits per heavy atom. The first-order chi connectivity index (χ1) is 15.0. The second-order valence-corrected chi connectivity index (χ2v) is 6.95. The summed E-state index contributed by atoms with van der Waals surface area (Å²) in [6.07, 6.45) is 1.61. The van der Waals surface area contributed by atoms with Crippen LogP contribution in [0.5, 0.6) is 23.0 Å². The number of ketones is 1. The van der Waals surface area contributed by atoms with Crippen molar-refractivity contribution in [1.82, 2.24) is 5.43 Å². The summed E-state index contributed by atoms with van der Waals surface area (Å²) in [7, 11) is 6.21. The summed E-state index contributed by atoms with van der Waals surface area (Å²) in [6, 6.07) is 8.72. The Hall–Kier alpha value is -3.55. The van der Waals surface area contributed by atoms with Crippen LogP contribution in [0.15, 0.2) is 35.4 Å². The molecule has 0 unspecified atom stereocenters. The number of fused-ring (bicyclic) bond motifs is 1. The van der Waals surface area contributed by atoms with Gasteiger partial charge in [-0.1, -0.05) is 0 Å². The Bertz CT molecular complexity index is 1020. The van der Waals surface area contributed by atoms with E-state index in [1.165, 1.54) is 14.2 Å². The summed E-state index contributed by atoms with van der Waals surface area (Å²) in [5.41, 5.74) is 5.82. The minimum Gasteiger partial charge on any atom is -0.493 e. The number of carbonyl (C=O) groups excluding carboxylic acids is 2. The van der Waals surface area contributed by atoms with Crippen LogP contribution in [0.1, 0.15) is 40.7 Å². The molecule has 1 aliphatic carbocycles. The lowest BCUT2D eigenvalue weighted by molar-refractivity contribution is -0.121. The molecule has 0 aliphatic heterocycles. The van der Waals surface area contributed by atoms with Gasteiger partial charge in [-0.25, -0.2) is 5.43 Å². The molecule has 0 fully saturated rings. The molecule has 8 heteroatoms. The van der Waals surface area contributed by atoms with E-state index in [0.29, 0.717) is 35.0 Å². The molecule has 3 rings (SSSR count). The number of carbonyl (C=O) groups is 2. The molecule has 0 saturated heterocycles. The molecule has 0 bridgehead atoms. The number of nitrogens with one attached hydrogen (secondary N) is 1. The van der Waals surface area contributed by atoms with Gasteiger partial charge in [0, 0.05) is 24.0 Å². The van der Waals surface area contributed by atoms with E-state index >= 15 is 0 Å². The summed E-state index contributed by atoms with van der Waals surface area (Å²) in [6.45, 7) is 0. The number of ether oxygens (including phenoxy) is 4. The molecule has 2 aromatic carbocycles. The van der Waals surface area contributed by atoms with Crippen LogP contribution in [0.25, 0.3) is 0 Å². The lowest BCUT2D eigenvalue weighted by atomic mass is 10.1. The zero-order valence-electron chi connectivity index (χ0n) is 18.1. The van der Waals surface area contributed by atoms with Crippen LogP contribution < -0.4 is 24.4 Å². The number of amides is 1. The van der Waals surface area contributed by atoms with E-state index in [9.17, 15) is 9.59 Å². The maximum Gasteiger partial charge on any atom is 0.240 e. The van der Waals surface area contributed by atoms with E-state index in [0.717, 1.165) is 23.3 Å². The van der Waals surface area contributed by atoms with Gasteiger partial charge >= 0.3 is 0 Å². The van der Waals surface area contributed by atoms with Crippen molar-refractivity contribution >= 4 is 17.4 Å². The molecule has 0 aromatic heterocycles. The van der Waals surface area contributed by atoms with Crippen LogP contribution in [0, 0.1) is 0 Å². The van der Waals surface area contributed by atoms with Crippen LogP contribution in [0.2, 0.25) is 0 Å². The molecule has 0 spiro atoms. The monoisotopic (exact) mass is 426 g/mol. The molecule has 1 amide bonds. The van der Waals surface area contributed by atoms with Crippen molar-refractivity contribution in [2.24, 2.45) is 5.10 Å². The highest BCUT2D eigenvalue weighted by Crippen LogP contribution is 2.35. The first-order valence-electron chi connectivity index (χ1n) is 9.86. The molecular formula is C23H26N2O6. The quantitative estimate of drug-likeness (QED) is 0.489. The molecule has 0 radical (unpaired) electrons. The van der Waals surface area contributed by atoms with E-state index in [2.05, 4.69) is 10.5 Å². The average Bonchev–Trinajstić information content (AvgIpc) is 3.21. The minimum absolute atomic E-state index is 0.0305. The first kappa shape index (κ1) is 22.1. The van der Waals surface area contributed by atoms with Crippen molar-refractivity contribution in [3.63, 3.8) is 0 Å². The van der Waals surface area contributed by atoms with Gasteiger partial charge in [0.05, 0.1) is 34.2 Å². The van der Waals surface area contributed by atoms with Crippen LogP contribution >= 0.6 is 0 Å². The van der Waals surface area contributed by atoms with Crippen molar-refractivity contribution in [2.75, 3.05) is 28.4 Å². The van der Waals surface area contributed by atoms with Crippen molar-refractivity contribution in [2.45, 2.75) is 25.7 Å². The smallest absolute Gasteiger partial charge is 0.240 e. The van der Waals surface area contributed by atoms with E-state index in [1.54, 1.807) is 32.4 Å². The van der Waals surface area contributed by atoms with Gasteiger partial charge in [-0.3, -0.25) is 9.59 Å². The van der Waals surface area contributed by atoms with Gasteiger partial charge in [0.15, 0.2) is 28.8 Å². The fourth-order valence-electron chi connectivity index (χ4n) is 3.47. The Morgan fingerprint density at radius 1 is 0.839 bits per heavy atom. The summed E-state index contributed by atoms with van der Waals surface area (Å²) in [5, 5.41) is 4.27. The number of Topliss-reactive ketones (excluding diaryl/α,β-unsaturated/α-hetero) is 1. The number of nitrogens with zero attached hydrogens (tertiary/aromatic N) is 1. The maximum atomic E-state index is 12.4. The second kappa shape index (κ2) is 9.97. The minimum atomic E-state index is -0.324. The Kier molecular flexibility index (Phi) is 7.12. The topological polar surface area (TPSA) is 95.5 Å². The third-order valence-corrected chi connectivity index (χ3v) is 5.15. The number of rotatable bonds is 9. The zero-order valence-corrected chi connectivity index (χ0v) is 18.1. The zero-order chi connectivity index (χ0) is 22.4. The number of hydrogen-bond acceptors (Lipinski definition) is 7. The van der Waals surface area contributed by atoms with E-state index in [-0.39, 0.29) is 24.5 Å². The molecule has 2 aromatic rings. The van der Waals surface area contributed by atoms with Crippen LogP contribution in [0.3, 0.4) is 0 Å². The number of aryl methyl sites for hydroxylation is 1. The highest BCUT2D eigenvalue weighted by atomic mass is 16.5. The Morgan fingerprint density at radius 3 is 2.16 bits per heavy atom. The lowest BCUT2D eigenvalue weighted by Gasteiger charge is -2.10. The SMILES string of the molecule is COc1ccc(C(=O)CCC(=O)N/N=C2\CCc3cc(OC)c(OC)cc32)cc1OC. The number of hydrazone groups is 1. The van der Waals surface area contributed by atoms with Crippen LogP contribution in [-0.2, 0) is 11.2 Å². The molecule has 0 heterocycles. The normalized spacial score (nSPS) is 13.5. The standard InChI is InChI=1S/C23H26N2O6/c1-28-19-9-6-15(12-20(19)29-2)18(26)8-10-23(27)25-24-17-7-5-14-11-21(30-3)22(31-4)13-16(14)17/h6,9,11-13H,5,7-8,10H2,1-4H3,(H,25,27)/b24-17+. The molecule has 0 atom stereocenters. The summed E-state index contributed by atoms with van der Waals surface area (Å²) in [5.74, 6) is 1.81. The van der Waals surface area contributed by atoms with Crippen molar-refractivity contribution in [3.8, 4) is 23.0 Å². The third-order valence-electron chi connectivity index (χ3n) is 5.15. The predicted molar refractivity (Wildman–Crippen MR) is 116 cm³/mol. The third kappa shape index (κ3) is 4.96. The van der Waals surface area contributed by atoms with Gasteiger partial charge in [0.1, 0.15) is 0 Å². The fraction of sp³-hybridized carbons (Fsp3) is 0.348. The van der Waals surface area contributed by atoms with E-state index in [4.69, 9.17) is 18.9 Å².